The van der Waals surface area contributed by atoms with Crippen molar-refractivity contribution in [3.63, 3.8) is 0 Å². The first-order valence-electron chi connectivity index (χ1n) is 17.3. The van der Waals surface area contributed by atoms with Gasteiger partial charge in [0, 0.05) is 6.42 Å². The lowest BCUT2D eigenvalue weighted by Gasteiger charge is -2.37. The monoisotopic (exact) mass is 763 g/mol. The van der Waals surface area contributed by atoms with Gasteiger partial charge in [-0.3, -0.25) is 4.99 Å². The van der Waals surface area contributed by atoms with Crippen LogP contribution in [0.25, 0.3) is 0 Å². The number of carbonyl (C=O) groups excluding carboxylic acids is 4. The van der Waals surface area contributed by atoms with E-state index in [1.165, 1.54) is 6.34 Å². The zero-order valence-corrected chi connectivity index (χ0v) is 29.8. The molecule has 0 aromatic heterocycles. The van der Waals surface area contributed by atoms with Crippen LogP contribution in [0.1, 0.15) is 47.9 Å². The van der Waals surface area contributed by atoms with E-state index in [9.17, 15) is 19.2 Å². The third-order valence-corrected chi connectivity index (χ3v) is 9.29. The molecule has 3 heterocycles. The number of carbonyl (C=O) groups is 4. The van der Waals surface area contributed by atoms with E-state index in [-0.39, 0.29) is 39.8 Å². The first-order valence-corrected chi connectivity index (χ1v) is 17.7. The van der Waals surface area contributed by atoms with Gasteiger partial charge in [-0.05, 0) is 48.5 Å². The highest BCUT2D eigenvalue weighted by atomic mass is 35.5. The van der Waals surface area contributed by atoms with E-state index in [4.69, 9.17) is 41.0 Å². The second-order valence-electron chi connectivity index (χ2n) is 12.6. The number of fused-ring (bicyclic) bond motifs is 1. The molecule has 0 saturated carbocycles. The van der Waals surface area contributed by atoms with Gasteiger partial charge in [-0.15, -0.1) is 0 Å². The zero-order valence-electron chi connectivity index (χ0n) is 29.0. The molecular weight excluding hydrogens is 730 g/mol. The number of hydrogen-bond donors (Lipinski definition) is 1. The summed E-state index contributed by atoms with van der Waals surface area (Å²) in [5.74, 6) is -3.07. The van der Waals surface area contributed by atoms with Crippen molar-refractivity contribution in [1.82, 2.24) is 4.90 Å². The number of benzene rings is 4. The average molecular weight is 764 g/mol. The molecule has 2 unspecified atom stereocenters. The molecule has 0 bridgehead atoms. The van der Waals surface area contributed by atoms with Crippen LogP contribution in [0.4, 0.5) is 0 Å². The molecule has 4 aromatic rings. The molecule has 14 nitrogen and oxygen atoms in total. The number of esters is 4. The van der Waals surface area contributed by atoms with E-state index in [2.05, 4.69) is 15.0 Å². The first kappa shape index (κ1) is 37.0. The summed E-state index contributed by atoms with van der Waals surface area (Å²) >= 11 is 6.45. The van der Waals surface area contributed by atoms with Gasteiger partial charge in [0.25, 0.3) is 0 Å². The Bertz CT molecular complexity index is 2100. The lowest BCUT2D eigenvalue weighted by Crippen LogP contribution is -2.54. The number of ether oxygens (including phenoxy) is 5. The van der Waals surface area contributed by atoms with Crippen LogP contribution in [0.3, 0.4) is 0 Å². The highest BCUT2D eigenvalue weighted by Crippen LogP contribution is 2.34. The highest BCUT2D eigenvalue weighted by Gasteiger charge is 2.51. The fraction of sp³-hybridized carbons (Fsp3) is 0.225. The van der Waals surface area contributed by atoms with Gasteiger partial charge in [0.2, 0.25) is 5.96 Å². The van der Waals surface area contributed by atoms with Crippen LogP contribution in [0, 0.1) is 0 Å². The van der Waals surface area contributed by atoms with Crippen molar-refractivity contribution in [3.05, 3.63) is 144 Å². The maximum atomic E-state index is 13.8. The molecule has 1 fully saturated rings. The van der Waals surface area contributed by atoms with Gasteiger partial charge in [0.1, 0.15) is 30.0 Å². The highest BCUT2D eigenvalue weighted by molar-refractivity contribution is 6.67. The number of hydrogen-bond acceptors (Lipinski definition) is 14. The van der Waals surface area contributed by atoms with Crippen LogP contribution in [0.15, 0.2) is 136 Å². The lowest BCUT2D eigenvalue weighted by molar-refractivity contribution is -0.163. The molecule has 2 N–H and O–H groups in total. The van der Waals surface area contributed by atoms with Crippen molar-refractivity contribution >= 4 is 52.9 Å². The van der Waals surface area contributed by atoms with Gasteiger partial charge in [-0.25, -0.2) is 29.2 Å². The summed E-state index contributed by atoms with van der Waals surface area (Å²) in [5.41, 5.74) is 6.90. The van der Waals surface area contributed by atoms with Crippen molar-refractivity contribution in [2.24, 2.45) is 20.7 Å². The largest absolute Gasteiger partial charge is 0.459 e. The molecule has 3 aliphatic rings. The Labute approximate surface area is 320 Å². The predicted octanol–water partition coefficient (Wildman–Crippen LogP) is 4.64. The Hall–Kier alpha value is -6.38. The molecule has 280 valence electrons. The van der Waals surface area contributed by atoms with Crippen LogP contribution < -0.4 is 5.73 Å². The van der Waals surface area contributed by atoms with Crippen LogP contribution in [-0.4, -0.2) is 95.7 Å². The number of guanidine groups is 1. The lowest BCUT2D eigenvalue weighted by atomic mass is 10.0. The molecule has 0 radical (unpaired) electrons. The number of nitrogens with two attached hydrogens (primary N) is 1. The summed E-state index contributed by atoms with van der Waals surface area (Å²) in [6.45, 7) is -0.498. The Morgan fingerprint density at radius 2 is 1.16 bits per heavy atom. The molecule has 7 atom stereocenters. The van der Waals surface area contributed by atoms with E-state index in [1.54, 1.807) is 126 Å². The van der Waals surface area contributed by atoms with Crippen molar-refractivity contribution < 1.29 is 42.9 Å². The summed E-state index contributed by atoms with van der Waals surface area (Å²) in [6, 6.07) is 32.1. The Balaban J connectivity index is 1.31. The standard InChI is InChI=1S/C40H34ClN5O9/c41-33-31-34(45-40(42)44-33)46(23-43-31)35-29(54-38(49)26-17-9-3-10-18-26)21-28(53-37(48)25-15-7-2-8-16-25)32(55-39(50)27-19-11-4-12-20-27)30(52-35)22-51-36(47)24-13-5-1-6-14-24/h1-20,23,28-32,34-35H,21-22H2,(H2,42,45)/t28-,29-,30-,31?,32+,34?,35-/m1/s1. The fourth-order valence-electron chi connectivity index (χ4n) is 6.31. The first-order chi connectivity index (χ1) is 26.7. The molecule has 15 heteroatoms. The minimum absolute atomic E-state index is 0.0698. The number of aliphatic imine (C=N–C) groups is 3. The Morgan fingerprint density at radius 1 is 0.691 bits per heavy atom. The topological polar surface area (TPSA) is 181 Å². The predicted molar refractivity (Wildman–Crippen MR) is 200 cm³/mol. The van der Waals surface area contributed by atoms with E-state index >= 15 is 0 Å². The van der Waals surface area contributed by atoms with Crippen molar-refractivity contribution in [2.75, 3.05) is 6.61 Å². The third kappa shape index (κ3) is 8.56. The van der Waals surface area contributed by atoms with Crippen molar-refractivity contribution in [1.29, 1.82) is 0 Å². The summed E-state index contributed by atoms with van der Waals surface area (Å²) in [4.78, 5) is 69.1. The SMILES string of the molecule is NC1=NC2C(N=CN2[C@@H]2O[C@H](COC(=O)c3ccccc3)[C@@H](OC(=O)c3ccccc3)[C@H](OC(=O)c3ccccc3)C[C@H]2OC(=O)c2ccccc2)C(Cl)=N1. The second-order valence-corrected chi connectivity index (χ2v) is 13.0. The molecular formula is C40H34ClN5O9. The molecule has 0 amide bonds. The van der Waals surface area contributed by atoms with E-state index in [0.29, 0.717) is 0 Å². The molecule has 3 aliphatic heterocycles. The van der Waals surface area contributed by atoms with Crippen LogP contribution in [-0.2, 0) is 23.7 Å². The maximum Gasteiger partial charge on any atom is 0.338 e. The average Bonchev–Trinajstić information content (AvgIpc) is 3.59. The Kier molecular flexibility index (Phi) is 11.3. The molecule has 0 aliphatic carbocycles. The summed E-state index contributed by atoms with van der Waals surface area (Å²) in [6.07, 6.45) is -6.36. The van der Waals surface area contributed by atoms with Gasteiger partial charge in [-0.1, -0.05) is 84.4 Å². The number of nitrogens with zero attached hydrogens (tertiary/aromatic N) is 4. The zero-order chi connectivity index (χ0) is 38.3. The van der Waals surface area contributed by atoms with Gasteiger partial charge >= 0.3 is 23.9 Å². The second kappa shape index (κ2) is 16.7. The molecule has 7 rings (SSSR count). The van der Waals surface area contributed by atoms with E-state index < -0.39 is 73.3 Å². The third-order valence-electron chi connectivity index (χ3n) is 8.98. The molecule has 4 aromatic carbocycles. The van der Waals surface area contributed by atoms with E-state index in [0.717, 1.165) is 0 Å². The van der Waals surface area contributed by atoms with Gasteiger partial charge in [0.15, 0.2) is 24.6 Å². The van der Waals surface area contributed by atoms with E-state index in [1.807, 2.05) is 0 Å². The minimum Gasteiger partial charge on any atom is -0.459 e. The van der Waals surface area contributed by atoms with Crippen molar-refractivity contribution in [2.45, 2.75) is 49.3 Å². The van der Waals surface area contributed by atoms with Crippen LogP contribution in [0.5, 0.6) is 0 Å². The normalized spacial score (nSPS) is 24.3. The molecule has 0 spiro atoms. The molecule has 55 heavy (non-hydrogen) atoms. The summed E-state index contributed by atoms with van der Waals surface area (Å²) in [7, 11) is 0. The maximum absolute atomic E-state index is 13.8. The quantitative estimate of drug-likeness (QED) is 0.176. The van der Waals surface area contributed by atoms with Crippen LogP contribution >= 0.6 is 11.6 Å². The van der Waals surface area contributed by atoms with Crippen LogP contribution in [0.2, 0.25) is 0 Å². The van der Waals surface area contributed by atoms with Gasteiger partial charge in [0.05, 0.1) is 28.6 Å². The minimum atomic E-state index is -1.42. The van der Waals surface area contributed by atoms with Gasteiger partial charge < -0.3 is 34.3 Å². The number of halogens is 1. The Morgan fingerprint density at radius 3 is 1.69 bits per heavy atom. The van der Waals surface area contributed by atoms with Gasteiger partial charge in [-0.2, -0.15) is 0 Å². The smallest absolute Gasteiger partial charge is 0.338 e. The number of rotatable bonds is 10. The summed E-state index contributed by atoms with van der Waals surface area (Å²) in [5, 5.41) is 0.0698. The summed E-state index contributed by atoms with van der Waals surface area (Å²) < 4.78 is 30.9. The van der Waals surface area contributed by atoms with Crippen molar-refractivity contribution in [3.8, 4) is 0 Å². The fourth-order valence-corrected chi connectivity index (χ4v) is 6.56. The molecule has 1 saturated heterocycles.